The largest absolute Gasteiger partial charge is 0.494 e. The number of sulfonamides is 1. The van der Waals surface area contributed by atoms with Crippen molar-refractivity contribution in [1.82, 2.24) is 5.32 Å². The first-order chi connectivity index (χ1) is 13.9. The van der Waals surface area contributed by atoms with Gasteiger partial charge in [0.2, 0.25) is 15.9 Å². The van der Waals surface area contributed by atoms with Gasteiger partial charge >= 0.3 is 0 Å². The lowest BCUT2D eigenvalue weighted by molar-refractivity contribution is -0.119. The molecule has 0 atom stereocenters. The van der Waals surface area contributed by atoms with E-state index in [0.29, 0.717) is 37.0 Å². The third-order valence-electron chi connectivity index (χ3n) is 4.23. The Kier molecular flexibility index (Phi) is 6.48. The molecule has 3 rings (SSSR count). The van der Waals surface area contributed by atoms with Crippen LogP contribution in [0.2, 0.25) is 0 Å². The summed E-state index contributed by atoms with van der Waals surface area (Å²) in [5.41, 5.74) is 1.22. The molecule has 1 aliphatic rings. The molecule has 0 saturated carbocycles. The van der Waals surface area contributed by atoms with Crippen LogP contribution in [0.5, 0.6) is 17.2 Å². The summed E-state index contributed by atoms with van der Waals surface area (Å²) in [6, 6.07) is 12.1. The van der Waals surface area contributed by atoms with Crippen LogP contribution in [0.15, 0.2) is 42.5 Å². The van der Waals surface area contributed by atoms with Crippen LogP contribution < -0.4 is 23.8 Å². The zero-order valence-electron chi connectivity index (χ0n) is 16.4. The van der Waals surface area contributed by atoms with Gasteiger partial charge in [0.25, 0.3) is 0 Å². The number of anilines is 1. The third kappa shape index (κ3) is 5.54. The number of nitrogens with zero attached hydrogens (tertiary/aromatic N) is 1. The number of hydrogen-bond acceptors (Lipinski definition) is 6. The van der Waals surface area contributed by atoms with E-state index in [2.05, 4.69) is 5.32 Å². The van der Waals surface area contributed by atoms with E-state index in [4.69, 9.17) is 14.2 Å². The van der Waals surface area contributed by atoms with Crippen molar-refractivity contribution < 1.29 is 27.4 Å². The topological polar surface area (TPSA) is 94.2 Å². The van der Waals surface area contributed by atoms with Gasteiger partial charge in [-0.2, -0.15) is 0 Å². The maximum Gasteiger partial charge on any atom is 0.241 e. The Labute approximate surface area is 170 Å². The molecule has 2 aromatic rings. The van der Waals surface area contributed by atoms with Gasteiger partial charge in [0.1, 0.15) is 25.5 Å². The lowest BCUT2D eigenvalue weighted by Gasteiger charge is -2.24. The van der Waals surface area contributed by atoms with Crippen molar-refractivity contribution in [1.29, 1.82) is 0 Å². The van der Waals surface area contributed by atoms with E-state index in [1.54, 1.807) is 18.2 Å². The zero-order valence-corrected chi connectivity index (χ0v) is 17.2. The van der Waals surface area contributed by atoms with Crippen molar-refractivity contribution in [3.05, 3.63) is 48.0 Å². The normalized spacial score (nSPS) is 12.9. The molecule has 0 saturated heterocycles. The van der Waals surface area contributed by atoms with Crippen LogP contribution in [0.1, 0.15) is 12.5 Å². The quantitative estimate of drug-likeness (QED) is 0.701. The predicted molar refractivity (Wildman–Crippen MR) is 109 cm³/mol. The summed E-state index contributed by atoms with van der Waals surface area (Å²) in [7, 11) is -3.67. The highest BCUT2D eigenvalue weighted by Crippen LogP contribution is 2.34. The Balaban J connectivity index is 1.66. The van der Waals surface area contributed by atoms with Gasteiger partial charge in [0.15, 0.2) is 11.5 Å². The van der Waals surface area contributed by atoms with Gasteiger partial charge in [-0.05, 0) is 36.8 Å². The lowest BCUT2D eigenvalue weighted by atomic mass is 10.2. The van der Waals surface area contributed by atoms with E-state index in [-0.39, 0.29) is 13.1 Å². The number of amides is 1. The van der Waals surface area contributed by atoms with E-state index in [0.717, 1.165) is 21.9 Å². The Hall–Kier alpha value is -2.94. The van der Waals surface area contributed by atoms with Gasteiger partial charge in [0, 0.05) is 12.6 Å². The number of carbonyl (C=O) groups is 1. The number of ether oxygens (including phenoxy) is 3. The molecule has 9 heteroatoms. The molecule has 156 valence electrons. The van der Waals surface area contributed by atoms with Crippen LogP contribution in [0, 0.1) is 0 Å². The monoisotopic (exact) mass is 420 g/mol. The van der Waals surface area contributed by atoms with E-state index in [1.165, 1.54) is 0 Å². The Morgan fingerprint density at radius 1 is 1.10 bits per heavy atom. The molecule has 0 spiro atoms. The molecule has 1 amide bonds. The van der Waals surface area contributed by atoms with Crippen molar-refractivity contribution in [2.45, 2.75) is 13.5 Å². The maximum absolute atomic E-state index is 12.4. The summed E-state index contributed by atoms with van der Waals surface area (Å²) in [4.78, 5) is 12.4. The van der Waals surface area contributed by atoms with E-state index in [9.17, 15) is 13.2 Å². The Morgan fingerprint density at radius 3 is 2.45 bits per heavy atom. The van der Waals surface area contributed by atoms with E-state index >= 15 is 0 Å². The molecular formula is C20H24N2O6S. The number of hydrogen-bond donors (Lipinski definition) is 1. The second kappa shape index (κ2) is 9.04. The van der Waals surface area contributed by atoms with Crippen LogP contribution >= 0.6 is 0 Å². The molecule has 1 heterocycles. The van der Waals surface area contributed by atoms with Crippen molar-refractivity contribution in [2.75, 3.05) is 36.9 Å². The number of carbonyl (C=O) groups excluding carboxylic acids is 1. The fourth-order valence-corrected chi connectivity index (χ4v) is 3.69. The molecular weight excluding hydrogens is 396 g/mol. The molecule has 0 bridgehead atoms. The molecule has 29 heavy (non-hydrogen) atoms. The van der Waals surface area contributed by atoms with Gasteiger partial charge in [-0.1, -0.05) is 12.1 Å². The minimum atomic E-state index is -3.67. The second-order valence-electron chi connectivity index (χ2n) is 6.45. The number of benzene rings is 2. The summed E-state index contributed by atoms with van der Waals surface area (Å²) in [6.07, 6.45) is 1.06. The van der Waals surface area contributed by atoms with Gasteiger partial charge in [-0.3, -0.25) is 9.10 Å². The SMILES string of the molecule is CCOc1ccc(CNC(=O)CN(c2ccc3c(c2)OCCO3)S(C)(=O)=O)cc1. The molecule has 1 N–H and O–H groups in total. The summed E-state index contributed by atoms with van der Waals surface area (Å²) >= 11 is 0. The van der Waals surface area contributed by atoms with Crippen LogP contribution in [-0.2, 0) is 21.4 Å². The summed E-state index contributed by atoms with van der Waals surface area (Å²) < 4.78 is 41.9. The van der Waals surface area contributed by atoms with Gasteiger partial charge in [-0.25, -0.2) is 8.42 Å². The lowest BCUT2D eigenvalue weighted by Crippen LogP contribution is -2.40. The minimum Gasteiger partial charge on any atom is -0.494 e. The van der Waals surface area contributed by atoms with Crippen LogP contribution in [-0.4, -0.2) is 46.9 Å². The highest BCUT2D eigenvalue weighted by atomic mass is 32.2. The summed E-state index contributed by atoms with van der Waals surface area (Å²) in [5, 5.41) is 2.74. The molecule has 0 radical (unpaired) electrons. The molecule has 8 nitrogen and oxygen atoms in total. The van der Waals surface area contributed by atoms with Crippen LogP contribution in [0.4, 0.5) is 5.69 Å². The summed E-state index contributed by atoms with van der Waals surface area (Å²) in [5.74, 6) is 1.34. The van der Waals surface area contributed by atoms with Crippen molar-refractivity contribution in [2.24, 2.45) is 0 Å². The number of rotatable bonds is 8. The molecule has 0 fully saturated rings. The number of fused-ring (bicyclic) bond motifs is 1. The molecule has 0 aliphatic carbocycles. The predicted octanol–water partition coefficient (Wildman–Crippen LogP) is 1.94. The smallest absolute Gasteiger partial charge is 0.241 e. The Morgan fingerprint density at radius 2 is 1.79 bits per heavy atom. The highest BCUT2D eigenvalue weighted by Gasteiger charge is 2.23. The van der Waals surface area contributed by atoms with Crippen LogP contribution in [0.3, 0.4) is 0 Å². The van der Waals surface area contributed by atoms with Gasteiger partial charge in [0.05, 0.1) is 18.6 Å². The molecule has 1 aliphatic heterocycles. The fraction of sp³-hybridized carbons (Fsp3) is 0.350. The van der Waals surface area contributed by atoms with E-state index in [1.807, 2.05) is 31.2 Å². The average molecular weight is 420 g/mol. The molecule has 2 aromatic carbocycles. The fourth-order valence-electron chi connectivity index (χ4n) is 2.84. The zero-order chi connectivity index (χ0) is 20.9. The molecule has 0 aromatic heterocycles. The van der Waals surface area contributed by atoms with Crippen molar-refractivity contribution in [3.63, 3.8) is 0 Å². The van der Waals surface area contributed by atoms with Crippen molar-refractivity contribution >= 4 is 21.6 Å². The summed E-state index contributed by atoms with van der Waals surface area (Å²) in [6.45, 7) is 3.26. The van der Waals surface area contributed by atoms with Gasteiger partial charge < -0.3 is 19.5 Å². The standard InChI is InChI=1S/C20H24N2O6S/c1-3-26-17-7-4-15(5-8-17)13-21-20(23)14-22(29(2,24)25)16-6-9-18-19(12-16)28-11-10-27-18/h4-9,12H,3,10-11,13-14H2,1-2H3,(H,21,23). The minimum absolute atomic E-state index is 0.282. The molecule has 0 unspecified atom stereocenters. The Bertz CT molecular complexity index is 959. The first-order valence-electron chi connectivity index (χ1n) is 9.22. The highest BCUT2D eigenvalue weighted by molar-refractivity contribution is 7.92. The maximum atomic E-state index is 12.4. The van der Waals surface area contributed by atoms with E-state index < -0.39 is 15.9 Å². The third-order valence-corrected chi connectivity index (χ3v) is 5.37. The van der Waals surface area contributed by atoms with Gasteiger partial charge in [-0.15, -0.1) is 0 Å². The van der Waals surface area contributed by atoms with Crippen LogP contribution in [0.25, 0.3) is 0 Å². The first kappa shape index (κ1) is 20.8. The second-order valence-corrected chi connectivity index (χ2v) is 8.36. The average Bonchev–Trinajstić information content (AvgIpc) is 2.70. The number of nitrogens with one attached hydrogen (secondary N) is 1. The first-order valence-corrected chi connectivity index (χ1v) is 11.1. The van der Waals surface area contributed by atoms with Crippen molar-refractivity contribution in [3.8, 4) is 17.2 Å².